The largest absolute Gasteiger partial charge is 0.497 e. The number of amides is 2. The SMILES string of the molecule is CCOC(=O)[C@@H]1CCCCN1C(=O)CN(CC)CC(=O)Nc1ccc(OC)cc1. The molecule has 0 spiro atoms. The predicted molar refractivity (Wildman–Crippen MR) is 110 cm³/mol. The van der Waals surface area contributed by atoms with Crippen LogP contribution in [0.1, 0.15) is 33.1 Å². The average molecular weight is 405 g/mol. The minimum Gasteiger partial charge on any atom is -0.497 e. The van der Waals surface area contributed by atoms with Crippen LogP contribution in [0.15, 0.2) is 24.3 Å². The first-order valence-electron chi connectivity index (χ1n) is 10.1. The van der Waals surface area contributed by atoms with E-state index >= 15 is 0 Å². The van der Waals surface area contributed by atoms with Gasteiger partial charge in [-0.1, -0.05) is 6.92 Å². The Morgan fingerprint density at radius 2 is 1.86 bits per heavy atom. The van der Waals surface area contributed by atoms with Gasteiger partial charge in [0.2, 0.25) is 11.8 Å². The number of ether oxygens (including phenoxy) is 2. The molecule has 1 fully saturated rings. The highest BCUT2D eigenvalue weighted by molar-refractivity contribution is 5.93. The Morgan fingerprint density at radius 3 is 2.48 bits per heavy atom. The van der Waals surface area contributed by atoms with E-state index in [-0.39, 0.29) is 30.9 Å². The summed E-state index contributed by atoms with van der Waals surface area (Å²) in [5, 5.41) is 2.82. The van der Waals surface area contributed by atoms with E-state index in [1.54, 1.807) is 48.1 Å². The van der Waals surface area contributed by atoms with Crippen LogP contribution < -0.4 is 10.1 Å². The number of benzene rings is 1. The summed E-state index contributed by atoms with van der Waals surface area (Å²) in [5.74, 6) is 0.00886. The molecule has 1 atom stereocenters. The lowest BCUT2D eigenvalue weighted by molar-refractivity contribution is -0.157. The minimum absolute atomic E-state index is 0.0858. The zero-order valence-corrected chi connectivity index (χ0v) is 17.5. The maximum atomic E-state index is 12.8. The molecule has 0 bridgehead atoms. The lowest BCUT2D eigenvalue weighted by Gasteiger charge is -2.35. The highest BCUT2D eigenvalue weighted by Crippen LogP contribution is 2.19. The second kappa shape index (κ2) is 11.4. The molecule has 8 nitrogen and oxygen atoms in total. The summed E-state index contributed by atoms with van der Waals surface area (Å²) in [7, 11) is 1.58. The van der Waals surface area contributed by atoms with Crippen molar-refractivity contribution in [3.05, 3.63) is 24.3 Å². The molecule has 1 aliphatic heterocycles. The van der Waals surface area contributed by atoms with Crippen molar-refractivity contribution in [1.29, 1.82) is 0 Å². The van der Waals surface area contributed by atoms with Crippen LogP contribution in [0.25, 0.3) is 0 Å². The number of carbonyl (C=O) groups is 3. The van der Waals surface area contributed by atoms with E-state index in [1.807, 2.05) is 6.92 Å². The van der Waals surface area contributed by atoms with Crippen molar-refractivity contribution < 1.29 is 23.9 Å². The van der Waals surface area contributed by atoms with Gasteiger partial charge in [-0.05, 0) is 57.0 Å². The number of likely N-dealkylation sites (tertiary alicyclic amines) is 1. The van der Waals surface area contributed by atoms with Gasteiger partial charge in [-0.25, -0.2) is 4.79 Å². The van der Waals surface area contributed by atoms with Crippen molar-refractivity contribution in [2.24, 2.45) is 0 Å². The van der Waals surface area contributed by atoms with Crippen LogP contribution in [0.4, 0.5) is 5.69 Å². The Hall–Kier alpha value is -2.61. The summed E-state index contributed by atoms with van der Waals surface area (Å²) < 4.78 is 10.2. The van der Waals surface area contributed by atoms with Gasteiger partial charge in [-0.15, -0.1) is 0 Å². The van der Waals surface area contributed by atoms with Gasteiger partial charge in [0, 0.05) is 12.2 Å². The number of likely N-dealkylation sites (N-methyl/N-ethyl adjacent to an activating group) is 1. The van der Waals surface area contributed by atoms with Crippen molar-refractivity contribution in [1.82, 2.24) is 9.80 Å². The standard InChI is InChI=1S/C21H31N3O5/c1-4-23(14-19(25)22-16-9-11-17(28-3)12-10-16)15-20(26)24-13-7-6-8-18(24)21(27)29-5-2/h9-12,18H,4-8,13-15H2,1-3H3,(H,22,25)/t18-/m0/s1. The topological polar surface area (TPSA) is 88.2 Å². The number of carbonyl (C=O) groups excluding carboxylic acids is 3. The summed E-state index contributed by atoms with van der Waals surface area (Å²) in [4.78, 5) is 40.8. The van der Waals surface area contributed by atoms with Gasteiger partial charge in [-0.2, -0.15) is 0 Å². The van der Waals surface area contributed by atoms with Crippen molar-refractivity contribution in [3.63, 3.8) is 0 Å². The molecule has 2 rings (SSSR count). The van der Waals surface area contributed by atoms with E-state index in [9.17, 15) is 14.4 Å². The van der Waals surface area contributed by atoms with Gasteiger partial charge in [0.25, 0.3) is 0 Å². The summed E-state index contributed by atoms with van der Waals surface area (Å²) in [6, 6.07) is 6.53. The number of nitrogens with zero attached hydrogens (tertiary/aromatic N) is 2. The molecule has 0 radical (unpaired) electrons. The van der Waals surface area contributed by atoms with E-state index in [0.29, 0.717) is 37.6 Å². The van der Waals surface area contributed by atoms with Crippen LogP contribution in [0.2, 0.25) is 0 Å². The fraction of sp³-hybridized carbons (Fsp3) is 0.571. The predicted octanol–water partition coefficient (Wildman–Crippen LogP) is 1.90. The molecule has 1 aromatic carbocycles. The van der Waals surface area contributed by atoms with Crippen LogP contribution in [0.3, 0.4) is 0 Å². The van der Waals surface area contributed by atoms with E-state index in [2.05, 4.69) is 5.32 Å². The molecule has 8 heteroatoms. The van der Waals surface area contributed by atoms with Crippen LogP contribution >= 0.6 is 0 Å². The Balaban J connectivity index is 1.92. The third kappa shape index (κ3) is 6.74. The molecule has 0 saturated carbocycles. The van der Waals surface area contributed by atoms with E-state index in [4.69, 9.17) is 9.47 Å². The van der Waals surface area contributed by atoms with Crippen LogP contribution in [-0.2, 0) is 19.1 Å². The summed E-state index contributed by atoms with van der Waals surface area (Å²) in [6.45, 7) is 5.20. The van der Waals surface area contributed by atoms with E-state index < -0.39 is 6.04 Å². The molecule has 1 aliphatic rings. The van der Waals surface area contributed by atoms with Gasteiger partial charge < -0.3 is 19.7 Å². The van der Waals surface area contributed by atoms with Gasteiger partial charge in [0.1, 0.15) is 11.8 Å². The molecular weight excluding hydrogens is 374 g/mol. The van der Waals surface area contributed by atoms with E-state index in [1.165, 1.54) is 0 Å². The quantitative estimate of drug-likeness (QED) is 0.632. The number of hydrogen-bond donors (Lipinski definition) is 1. The molecule has 160 valence electrons. The number of rotatable bonds is 9. The van der Waals surface area contributed by atoms with Gasteiger partial charge >= 0.3 is 5.97 Å². The Morgan fingerprint density at radius 1 is 1.14 bits per heavy atom. The molecule has 0 aromatic heterocycles. The molecule has 0 unspecified atom stereocenters. The first-order chi connectivity index (χ1) is 14.0. The summed E-state index contributed by atoms with van der Waals surface area (Å²) >= 11 is 0. The average Bonchev–Trinajstić information content (AvgIpc) is 2.73. The smallest absolute Gasteiger partial charge is 0.328 e. The van der Waals surface area contributed by atoms with Gasteiger partial charge in [0.15, 0.2) is 0 Å². The highest BCUT2D eigenvalue weighted by Gasteiger charge is 2.33. The Kier molecular flexibility index (Phi) is 8.92. The maximum absolute atomic E-state index is 12.8. The second-order valence-corrected chi connectivity index (χ2v) is 6.93. The van der Waals surface area contributed by atoms with Crippen LogP contribution in [0.5, 0.6) is 5.75 Å². The second-order valence-electron chi connectivity index (χ2n) is 6.93. The molecule has 1 N–H and O–H groups in total. The summed E-state index contributed by atoms with van der Waals surface area (Å²) in [5.41, 5.74) is 0.664. The maximum Gasteiger partial charge on any atom is 0.328 e. The van der Waals surface area contributed by atoms with Crippen molar-refractivity contribution in [2.45, 2.75) is 39.2 Å². The fourth-order valence-corrected chi connectivity index (χ4v) is 3.35. The number of nitrogens with one attached hydrogen (secondary N) is 1. The highest BCUT2D eigenvalue weighted by atomic mass is 16.5. The molecular formula is C21H31N3O5. The van der Waals surface area contributed by atoms with Gasteiger partial charge in [0.05, 0.1) is 26.8 Å². The molecule has 29 heavy (non-hydrogen) atoms. The van der Waals surface area contributed by atoms with Crippen molar-refractivity contribution >= 4 is 23.5 Å². The normalized spacial score (nSPS) is 16.4. The summed E-state index contributed by atoms with van der Waals surface area (Å²) in [6.07, 6.45) is 2.38. The zero-order chi connectivity index (χ0) is 21.2. The number of anilines is 1. The molecule has 0 aliphatic carbocycles. The third-order valence-corrected chi connectivity index (χ3v) is 4.93. The number of piperidine rings is 1. The molecule has 1 saturated heterocycles. The lowest BCUT2D eigenvalue weighted by atomic mass is 10.0. The lowest BCUT2D eigenvalue weighted by Crippen LogP contribution is -2.52. The third-order valence-electron chi connectivity index (χ3n) is 4.93. The van der Waals surface area contributed by atoms with Crippen molar-refractivity contribution in [3.8, 4) is 5.75 Å². The fourth-order valence-electron chi connectivity index (χ4n) is 3.35. The van der Waals surface area contributed by atoms with Gasteiger partial charge in [-0.3, -0.25) is 14.5 Å². The van der Waals surface area contributed by atoms with Crippen molar-refractivity contribution in [2.75, 3.05) is 45.2 Å². The van der Waals surface area contributed by atoms with E-state index in [0.717, 1.165) is 12.8 Å². The Labute approximate surface area is 172 Å². The molecule has 1 aromatic rings. The number of hydrogen-bond acceptors (Lipinski definition) is 6. The zero-order valence-electron chi connectivity index (χ0n) is 17.5. The van der Waals surface area contributed by atoms with Crippen LogP contribution in [-0.4, -0.2) is 73.5 Å². The monoisotopic (exact) mass is 405 g/mol. The van der Waals surface area contributed by atoms with Crippen LogP contribution in [0, 0.1) is 0 Å². The minimum atomic E-state index is -0.525. The first kappa shape index (κ1) is 22.7. The number of esters is 1. The first-order valence-corrected chi connectivity index (χ1v) is 10.1. The Bertz CT molecular complexity index is 692. The molecule has 2 amide bonds. The number of methoxy groups -OCH3 is 1. The molecule has 1 heterocycles.